The molecule has 0 aliphatic carbocycles. The molecular formula is C12H9N7O2. The largest absolute Gasteiger partial charge is 0.319 e. The van der Waals surface area contributed by atoms with Gasteiger partial charge in [-0.3, -0.25) is 14.2 Å². The topological polar surface area (TPSA) is 118 Å². The molecule has 0 fully saturated rings. The summed E-state index contributed by atoms with van der Waals surface area (Å²) in [6.07, 6.45) is 4.54. The van der Waals surface area contributed by atoms with Crippen molar-refractivity contribution in [2.24, 2.45) is 0 Å². The van der Waals surface area contributed by atoms with Crippen LogP contribution in [0.4, 0.5) is 5.69 Å². The van der Waals surface area contributed by atoms with Gasteiger partial charge in [-0.05, 0) is 18.2 Å². The van der Waals surface area contributed by atoms with Crippen LogP contribution in [0.3, 0.4) is 0 Å². The number of H-pyrrole nitrogens is 1. The van der Waals surface area contributed by atoms with E-state index >= 15 is 0 Å². The molecule has 104 valence electrons. The Hall–Kier alpha value is -3.36. The molecule has 0 spiro atoms. The highest BCUT2D eigenvalue weighted by atomic mass is 16.2. The predicted molar refractivity (Wildman–Crippen MR) is 72.0 cm³/mol. The number of carbonyl (C=O) groups excluding carboxylic acids is 1. The molecule has 0 radical (unpaired) electrons. The van der Waals surface area contributed by atoms with E-state index in [0.717, 1.165) is 0 Å². The van der Waals surface area contributed by atoms with Gasteiger partial charge in [-0.25, -0.2) is 10.1 Å². The molecule has 3 aromatic rings. The van der Waals surface area contributed by atoms with Crippen LogP contribution in [0.5, 0.6) is 0 Å². The lowest BCUT2D eigenvalue weighted by atomic mass is 10.3. The van der Waals surface area contributed by atoms with Crippen molar-refractivity contribution in [1.82, 2.24) is 29.9 Å². The minimum absolute atomic E-state index is 0.109. The molecule has 9 heteroatoms. The second-order valence-corrected chi connectivity index (χ2v) is 4.03. The Morgan fingerprint density at radius 1 is 1.14 bits per heavy atom. The predicted octanol–water partition coefficient (Wildman–Crippen LogP) is -0.00210. The highest BCUT2D eigenvalue weighted by molar-refractivity contribution is 6.02. The number of pyridine rings is 1. The molecule has 3 rings (SSSR count). The van der Waals surface area contributed by atoms with E-state index in [9.17, 15) is 9.59 Å². The van der Waals surface area contributed by atoms with Gasteiger partial charge in [-0.1, -0.05) is 0 Å². The first-order valence-electron chi connectivity index (χ1n) is 5.90. The number of aromatic nitrogens is 6. The summed E-state index contributed by atoms with van der Waals surface area (Å²) in [6, 6.07) is 5.97. The van der Waals surface area contributed by atoms with E-state index in [2.05, 4.69) is 30.7 Å². The lowest BCUT2D eigenvalue weighted by Crippen LogP contribution is -2.17. The maximum atomic E-state index is 11.9. The van der Waals surface area contributed by atoms with Crippen LogP contribution in [0.1, 0.15) is 10.5 Å². The molecule has 1 amide bonds. The van der Waals surface area contributed by atoms with Gasteiger partial charge in [0.15, 0.2) is 0 Å². The standard InChI is InChI=1S/C12H9N7O2/c20-11-4-2-9(17-18-11)12(21)16-8-1-3-10(13-5-8)19-6-14-15-7-19/h1-7H,(H,16,21)(H,18,20). The molecule has 0 atom stereocenters. The highest BCUT2D eigenvalue weighted by Crippen LogP contribution is 2.09. The number of nitrogens with zero attached hydrogens (tertiary/aromatic N) is 5. The lowest BCUT2D eigenvalue weighted by Gasteiger charge is -2.05. The Morgan fingerprint density at radius 3 is 2.57 bits per heavy atom. The number of anilines is 1. The number of nitrogens with one attached hydrogen (secondary N) is 2. The molecule has 9 nitrogen and oxygen atoms in total. The maximum absolute atomic E-state index is 11.9. The summed E-state index contributed by atoms with van der Waals surface area (Å²) in [6.45, 7) is 0. The number of hydrogen-bond acceptors (Lipinski definition) is 6. The van der Waals surface area contributed by atoms with Gasteiger partial charge in [0.2, 0.25) is 0 Å². The summed E-state index contributed by atoms with van der Waals surface area (Å²) in [7, 11) is 0. The van der Waals surface area contributed by atoms with Gasteiger partial charge in [0.1, 0.15) is 24.2 Å². The molecule has 21 heavy (non-hydrogen) atoms. The van der Waals surface area contributed by atoms with Gasteiger partial charge in [0, 0.05) is 6.07 Å². The van der Waals surface area contributed by atoms with Gasteiger partial charge in [-0.2, -0.15) is 5.10 Å². The number of rotatable bonds is 3. The smallest absolute Gasteiger partial charge is 0.276 e. The average molecular weight is 283 g/mol. The van der Waals surface area contributed by atoms with Crippen molar-refractivity contribution in [3.05, 3.63) is 59.2 Å². The monoisotopic (exact) mass is 283 g/mol. The molecule has 0 saturated heterocycles. The van der Waals surface area contributed by atoms with E-state index in [1.165, 1.54) is 31.0 Å². The van der Waals surface area contributed by atoms with Gasteiger partial charge in [0.05, 0.1) is 11.9 Å². The Bertz CT molecular complexity index is 788. The third-order valence-corrected chi connectivity index (χ3v) is 2.60. The van der Waals surface area contributed by atoms with Crippen LogP contribution in [0.15, 0.2) is 47.9 Å². The number of amides is 1. The van der Waals surface area contributed by atoms with Crippen molar-refractivity contribution < 1.29 is 4.79 Å². The lowest BCUT2D eigenvalue weighted by molar-refractivity contribution is 0.102. The first kappa shape index (κ1) is 12.7. The van der Waals surface area contributed by atoms with E-state index in [1.807, 2.05) is 0 Å². The van der Waals surface area contributed by atoms with Crippen molar-refractivity contribution in [3.63, 3.8) is 0 Å². The van der Waals surface area contributed by atoms with Crippen molar-refractivity contribution in [3.8, 4) is 5.82 Å². The zero-order valence-electron chi connectivity index (χ0n) is 10.6. The molecule has 0 aliphatic rings. The quantitative estimate of drug-likeness (QED) is 0.698. The summed E-state index contributed by atoms with van der Waals surface area (Å²) in [5.74, 6) is 0.185. The molecule has 3 aromatic heterocycles. The Labute approximate surface area is 117 Å². The van der Waals surface area contributed by atoms with Crippen LogP contribution in [0, 0.1) is 0 Å². The second kappa shape index (κ2) is 5.33. The fraction of sp³-hybridized carbons (Fsp3) is 0. The fourth-order valence-corrected chi connectivity index (χ4v) is 1.60. The summed E-state index contributed by atoms with van der Waals surface area (Å²) < 4.78 is 1.63. The minimum atomic E-state index is -0.440. The van der Waals surface area contributed by atoms with E-state index in [4.69, 9.17) is 0 Å². The number of aromatic amines is 1. The van der Waals surface area contributed by atoms with E-state index < -0.39 is 5.91 Å². The van der Waals surface area contributed by atoms with Crippen molar-refractivity contribution >= 4 is 11.6 Å². The van der Waals surface area contributed by atoms with Crippen LogP contribution < -0.4 is 10.9 Å². The number of hydrogen-bond donors (Lipinski definition) is 2. The number of carbonyl (C=O) groups is 1. The SMILES string of the molecule is O=C(Nc1ccc(-n2cnnc2)nc1)c1ccc(=O)[nH]n1. The molecule has 0 bridgehead atoms. The second-order valence-electron chi connectivity index (χ2n) is 4.03. The third kappa shape index (κ3) is 2.81. The maximum Gasteiger partial charge on any atom is 0.276 e. The van der Waals surface area contributed by atoms with Crippen LogP contribution in [0.2, 0.25) is 0 Å². The van der Waals surface area contributed by atoms with Crippen LogP contribution in [-0.2, 0) is 0 Å². The van der Waals surface area contributed by atoms with E-state index in [0.29, 0.717) is 11.5 Å². The summed E-state index contributed by atoms with van der Waals surface area (Å²) in [5, 5.41) is 15.8. The normalized spacial score (nSPS) is 10.3. The van der Waals surface area contributed by atoms with Crippen LogP contribution in [0.25, 0.3) is 5.82 Å². The molecular weight excluding hydrogens is 274 g/mol. The Kier molecular flexibility index (Phi) is 3.21. The van der Waals surface area contributed by atoms with Crippen LogP contribution in [-0.4, -0.2) is 35.9 Å². The van der Waals surface area contributed by atoms with E-state index in [-0.39, 0.29) is 11.3 Å². The van der Waals surface area contributed by atoms with Crippen molar-refractivity contribution in [2.75, 3.05) is 5.32 Å². The van der Waals surface area contributed by atoms with Crippen molar-refractivity contribution in [1.29, 1.82) is 0 Å². The Balaban J connectivity index is 1.74. The van der Waals surface area contributed by atoms with Gasteiger partial charge >= 0.3 is 0 Å². The first-order chi connectivity index (χ1) is 10.2. The average Bonchev–Trinajstić information content (AvgIpc) is 3.03. The highest BCUT2D eigenvalue weighted by Gasteiger charge is 2.08. The zero-order chi connectivity index (χ0) is 14.7. The molecule has 0 unspecified atom stereocenters. The van der Waals surface area contributed by atoms with Gasteiger partial charge in [-0.15, -0.1) is 10.2 Å². The summed E-state index contributed by atoms with van der Waals surface area (Å²) in [4.78, 5) is 26.9. The Morgan fingerprint density at radius 2 is 1.95 bits per heavy atom. The van der Waals surface area contributed by atoms with E-state index in [1.54, 1.807) is 16.7 Å². The van der Waals surface area contributed by atoms with Crippen molar-refractivity contribution in [2.45, 2.75) is 0 Å². The molecule has 0 saturated carbocycles. The summed E-state index contributed by atoms with van der Waals surface area (Å²) in [5.41, 5.74) is 0.244. The van der Waals surface area contributed by atoms with Gasteiger partial charge < -0.3 is 5.32 Å². The molecule has 2 N–H and O–H groups in total. The van der Waals surface area contributed by atoms with Crippen LogP contribution >= 0.6 is 0 Å². The first-order valence-corrected chi connectivity index (χ1v) is 5.90. The minimum Gasteiger partial charge on any atom is -0.319 e. The fourth-order valence-electron chi connectivity index (χ4n) is 1.60. The van der Waals surface area contributed by atoms with Gasteiger partial charge in [0.25, 0.3) is 11.5 Å². The molecule has 3 heterocycles. The zero-order valence-corrected chi connectivity index (χ0v) is 10.6. The summed E-state index contributed by atoms with van der Waals surface area (Å²) >= 11 is 0. The third-order valence-electron chi connectivity index (χ3n) is 2.60. The molecule has 0 aliphatic heterocycles. The molecule has 0 aromatic carbocycles.